The van der Waals surface area contributed by atoms with Gasteiger partial charge >= 0.3 is 6.18 Å². The molecule has 0 aliphatic rings. The highest BCUT2D eigenvalue weighted by Crippen LogP contribution is 2.39. The van der Waals surface area contributed by atoms with E-state index in [1.165, 1.54) is 6.07 Å². The molecule has 2 N–H and O–H groups in total. The molecule has 112 valence electrons. The summed E-state index contributed by atoms with van der Waals surface area (Å²) in [6.45, 7) is -0.169. The smallest absolute Gasteiger partial charge is 0.326 e. The molecule has 0 unspecified atom stereocenters. The van der Waals surface area contributed by atoms with Gasteiger partial charge in [0.05, 0.1) is 10.6 Å². The maximum absolute atomic E-state index is 13.0. The van der Waals surface area contributed by atoms with Crippen LogP contribution in [-0.4, -0.2) is 0 Å². The maximum atomic E-state index is 13.0. The second kappa shape index (κ2) is 6.48. The Labute approximate surface area is 134 Å². The molecule has 2 rings (SSSR count). The Balaban J connectivity index is 2.39. The van der Waals surface area contributed by atoms with Crippen molar-refractivity contribution in [1.29, 1.82) is 0 Å². The predicted molar refractivity (Wildman–Crippen MR) is 79.9 cm³/mol. The van der Waals surface area contributed by atoms with Gasteiger partial charge in [-0.2, -0.15) is 13.2 Å². The summed E-state index contributed by atoms with van der Waals surface area (Å²) in [7, 11) is 0. The van der Waals surface area contributed by atoms with Crippen LogP contribution in [-0.2, 0) is 12.7 Å². The first kappa shape index (κ1) is 16.5. The summed E-state index contributed by atoms with van der Waals surface area (Å²) in [6.07, 6.45) is -4.44. The standard InChI is InChI=1S/C14H10Cl2F3NS/c15-9-2-4-12(16)13(5-9)21-10-3-1-8(7-20)11(6-10)14(17,18)19/h1-6H,7,20H2. The SMILES string of the molecule is NCc1ccc(Sc2cc(Cl)ccc2Cl)cc1C(F)(F)F. The first-order valence-electron chi connectivity index (χ1n) is 5.84. The molecule has 0 spiro atoms. The van der Waals surface area contributed by atoms with E-state index in [2.05, 4.69) is 0 Å². The molecule has 0 atom stereocenters. The summed E-state index contributed by atoms with van der Waals surface area (Å²) >= 11 is 13.0. The Morgan fingerprint density at radius 1 is 1.05 bits per heavy atom. The topological polar surface area (TPSA) is 26.0 Å². The Kier molecular flexibility index (Phi) is 5.09. The Bertz CT molecular complexity index is 659. The highest BCUT2D eigenvalue weighted by atomic mass is 35.5. The minimum Gasteiger partial charge on any atom is -0.326 e. The number of hydrogen-bond acceptors (Lipinski definition) is 2. The van der Waals surface area contributed by atoms with Crippen LogP contribution >= 0.6 is 35.0 Å². The van der Waals surface area contributed by atoms with Crippen LogP contribution in [0.3, 0.4) is 0 Å². The number of rotatable bonds is 3. The summed E-state index contributed by atoms with van der Waals surface area (Å²) in [4.78, 5) is 1.02. The highest BCUT2D eigenvalue weighted by Gasteiger charge is 2.33. The fourth-order valence-corrected chi connectivity index (χ4v) is 3.13. The van der Waals surface area contributed by atoms with Gasteiger partial charge in [-0.25, -0.2) is 0 Å². The number of benzene rings is 2. The van der Waals surface area contributed by atoms with Crippen LogP contribution in [0.15, 0.2) is 46.2 Å². The molecule has 2 aromatic rings. The molecule has 2 aromatic carbocycles. The largest absolute Gasteiger partial charge is 0.416 e. The lowest BCUT2D eigenvalue weighted by Crippen LogP contribution is -2.11. The Hall–Kier alpha value is -0.880. The molecule has 0 heterocycles. The molecular formula is C14H10Cl2F3NS. The van der Waals surface area contributed by atoms with E-state index in [4.69, 9.17) is 28.9 Å². The van der Waals surface area contributed by atoms with Crippen LogP contribution in [0.4, 0.5) is 13.2 Å². The van der Waals surface area contributed by atoms with E-state index in [1.54, 1.807) is 24.3 Å². The fraction of sp³-hybridized carbons (Fsp3) is 0.143. The van der Waals surface area contributed by atoms with E-state index in [-0.39, 0.29) is 12.1 Å². The van der Waals surface area contributed by atoms with Gasteiger partial charge in [-0.1, -0.05) is 41.0 Å². The number of alkyl halides is 3. The Morgan fingerprint density at radius 3 is 2.38 bits per heavy atom. The van der Waals surface area contributed by atoms with Crippen molar-refractivity contribution in [3.8, 4) is 0 Å². The van der Waals surface area contributed by atoms with E-state index in [0.717, 1.165) is 17.8 Å². The van der Waals surface area contributed by atoms with Crippen molar-refractivity contribution in [2.24, 2.45) is 5.73 Å². The second-order valence-corrected chi connectivity index (χ2v) is 6.16. The van der Waals surface area contributed by atoms with Gasteiger partial charge in [0.25, 0.3) is 0 Å². The first-order valence-corrected chi connectivity index (χ1v) is 7.41. The zero-order valence-corrected chi connectivity index (χ0v) is 12.9. The zero-order chi connectivity index (χ0) is 15.6. The molecule has 7 heteroatoms. The zero-order valence-electron chi connectivity index (χ0n) is 10.5. The minimum absolute atomic E-state index is 0.0593. The molecule has 0 aliphatic heterocycles. The van der Waals surface area contributed by atoms with Crippen molar-refractivity contribution < 1.29 is 13.2 Å². The normalized spacial score (nSPS) is 11.7. The average Bonchev–Trinajstić information content (AvgIpc) is 2.42. The van der Waals surface area contributed by atoms with Crippen LogP contribution < -0.4 is 5.73 Å². The van der Waals surface area contributed by atoms with Crippen molar-refractivity contribution in [1.82, 2.24) is 0 Å². The quantitative estimate of drug-likeness (QED) is 0.776. The summed E-state index contributed by atoms with van der Waals surface area (Å²) in [5.74, 6) is 0. The molecule has 0 bridgehead atoms. The molecule has 0 fully saturated rings. The fourth-order valence-electron chi connectivity index (χ4n) is 1.74. The third kappa shape index (κ3) is 4.07. The van der Waals surface area contributed by atoms with Crippen LogP contribution in [0.5, 0.6) is 0 Å². The summed E-state index contributed by atoms with van der Waals surface area (Å²) in [5.41, 5.74) is 4.68. The summed E-state index contributed by atoms with van der Waals surface area (Å²) in [6, 6.07) is 8.86. The molecule has 0 saturated carbocycles. The van der Waals surface area contributed by atoms with Crippen molar-refractivity contribution in [3.05, 3.63) is 57.6 Å². The minimum atomic E-state index is -4.44. The predicted octanol–water partition coefficient (Wildman–Crippen LogP) is 5.62. The summed E-state index contributed by atoms with van der Waals surface area (Å²) in [5, 5.41) is 0.900. The third-order valence-corrected chi connectivity index (χ3v) is 4.45. The van der Waals surface area contributed by atoms with Gasteiger partial charge in [0.1, 0.15) is 0 Å². The molecule has 0 amide bonds. The van der Waals surface area contributed by atoms with Crippen LogP contribution in [0.2, 0.25) is 10.0 Å². The lowest BCUT2D eigenvalue weighted by Gasteiger charge is -2.13. The molecule has 1 nitrogen and oxygen atoms in total. The van der Waals surface area contributed by atoms with Crippen molar-refractivity contribution >= 4 is 35.0 Å². The highest BCUT2D eigenvalue weighted by molar-refractivity contribution is 7.99. The van der Waals surface area contributed by atoms with Gasteiger partial charge in [0.15, 0.2) is 0 Å². The molecular weight excluding hydrogens is 342 g/mol. The lowest BCUT2D eigenvalue weighted by molar-refractivity contribution is -0.138. The molecule has 21 heavy (non-hydrogen) atoms. The van der Waals surface area contributed by atoms with Gasteiger partial charge in [0.2, 0.25) is 0 Å². The third-order valence-electron chi connectivity index (χ3n) is 2.73. The van der Waals surface area contributed by atoms with E-state index in [1.807, 2.05) is 0 Å². The average molecular weight is 352 g/mol. The van der Waals surface area contributed by atoms with Crippen molar-refractivity contribution in [2.45, 2.75) is 22.5 Å². The van der Waals surface area contributed by atoms with Gasteiger partial charge < -0.3 is 5.73 Å². The molecule has 0 aliphatic carbocycles. The van der Waals surface area contributed by atoms with E-state index in [0.29, 0.717) is 19.8 Å². The number of hydrogen-bond donors (Lipinski definition) is 1. The monoisotopic (exact) mass is 351 g/mol. The maximum Gasteiger partial charge on any atom is 0.416 e. The molecule has 0 aromatic heterocycles. The number of nitrogens with two attached hydrogens (primary N) is 1. The van der Waals surface area contributed by atoms with Crippen LogP contribution in [0, 0.1) is 0 Å². The first-order chi connectivity index (χ1) is 9.81. The van der Waals surface area contributed by atoms with Crippen LogP contribution in [0.25, 0.3) is 0 Å². The van der Waals surface area contributed by atoms with Gasteiger partial charge in [-0.3, -0.25) is 0 Å². The van der Waals surface area contributed by atoms with Gasteiger partial charge in [-0.05, 0) is 35.9 Å². The van der Waals surface area contributed by atoms with E-state index in [9.17, 15) is 13.2 Å². The van der Waals surface area contributed by atoms with Crippen molar-refractivity contribution in [2.75, 3.05) is 0 Å². The van der Waals surface area contributed by atoms with Crippen LogP contribution in [0.1, 0.15) is 11.1 Å². The lowest BCUT2D eigenvalue weighted by atomic mass is 10.1. The molecule has 0 radical (unpaired) electrons. The van der Waals surface area contributed by atoms with Crippen molar-refractivity contribution in [3.63, 3.8) is 0 Å². The second-order valence-electron chi connectivity index (χ2n) is 4.20. The number of halogens is 5. The molecule has 0 saturated heterocycles. The Morgan fingerprint density at radius 2 is 1.76 bits per heavy atom. The van der Waals surface area contributed by atoms with Gasteiger partial charge in [0, 0.05) is 21.4 Å². The van der Waals surface area contributed by atoms with E-state index >= 15 is 0 Å². The van der Waals surface area contributed by atoms with E-state index < -0.39 is 11.7 Å². The summed E-state index contributed by atoms with van der Waals surface area (Å²) < 4.78 is 39.0. The van der Waals surface area contributed by atoms with Gasteiger partial charge in [-0.15, -0.1) is 0 Å².